The van der Waals surface area contributed by atoms with Gasteiger partial charge in [-0.2, -0.15) is 0 Å². The maximum absolute atomic E-state index is 14.1. The van der Waals surface area contributed by atoms with Crippen LogP contribution in [0.25, 0.3) is 0 Å². The molecule has 2 aromatic carbocycles. The number of halogens is 3. The van der Waals surface area contributed by atoms with Crippen molar-refractivity contribution >= 4 is 27.5 Å². The average molecular weight is 373 g/mol. The molecule has 0 bridgehead atoms. The average Bonchev–Trinajstić information content (AvgIpc) is 2.46. The van der Waals surface area contributed by atoms with E-state index in [1.807, 2.05) is 18.2 Å². The van der Waals surface area contributed by atoms with Gasteiger partial charge in [-0.25, -0.2) is 4.39 Å². The minimum Gasteiger partial charge on any atom is -0.496 e. The first-order valence-electron chi connectivity index (χ1n) is 6.50. The van der Waals surface area contributed by atoms with E-state index in [9.17, 15) is 4.39 Å². The molecule has 0 amide bonds. The quantitative estimate of drug-likeness (QED) is 0.817. The molecule has 0 aliphatic rings. The van der Waals surface area contributed by atoms with Crippen molar-refractivity contribution < 1.29 is 9.13 Å². The molecular formula is C16H16BrClFNO. The van der Waals surface area contributed by atoms with Gasteiger partial charge in [0.2, 0.25) is 0 Å². The molecule has 0 spiro atoms. The standard InChI is InChI=1S/C16H16BrClFNO/c1-20-14(16-12(18)4-3-5-13(16)19)9-10-8-11(17)6-7-15(10)21-2/h3-8,14,20H,9H2,1-2H3. The summed E-state index contributed by atoms with van der Waals surface area (Å²) in [5.74, 6) is 0.460. The largest absolute Gasteiger partial charge is 0.496 e. The van der Waals surface area contributed by atoms with E-state index < -0.39 is 0 Å². The van der Waals surface area contributed by atoms with Crippen molar-refractivity contribution in [1.29, 1.82) is 0 Å². The van der Waals surface area contributed by atoms with Crippen LogP contribution in [-0.4, -0.2) is 14.2 Å². The van der Waals surface area contributed by atoms with E-state index in [1.165, 1.54) is 6.07 Å². The number of methoxy groups -OCH3 is 1. The van der Waals surface area contributed by atoms with Gasteiger partial charge in [0.25, 0.3) is 0 Å². The first kappa shape index (κ1) is 16.3. The van der Waals surface area contributed by atoms with Crippen molar-refractivity contribution in [2.75, 3.05) is 14.2 Å². The van der Waals surface area contributed by atoms with Crippen molar-refractivity contribution in [2.45, 2.75) is 12.5 Å². The Hall–Kier alpha value is -1.10. The van der Waals surface area contributed by atoms with Gasteiger partial charge in [-0.15, -0.1) is 0 Å². The van der Waals surface area contributed by atoms with Crippen LogP contribution in [0.2, 0.25) is 5.02 Å². The molecule has 0 fully saturated rings. The summed E-state index contributed by atoms with van der Waals surface area (Å²) in [6, 6.07) is 10.3. The lowest BCUT2D eigenvalue weighted by Crippen LogP contribution is -2.21. The lowest BCUT2D eigenvalue weighted by Gasteiger charge is -2.20. The molecule has 1 unspecified atom stereocenters. The summed E-state index contributed by atoms with van der Waals surface area (Å²) in [6.45, 7) is 0. The Labute approximate surface area is 137 Å². The van der Waals surface area contributed by atoms with E-state index in [4.69, 9.17) is 16.3 Å². The Kier molecular flexibility index (Phi) is 5.62. The minimum absolute atomic E-state index is 0.234. The van der Waals surface area contributed by atoms with E-state index >= 15 is 0 Å². The molecule has 112 valence electrons. The Morgan fingerprint density at radius 2 is 2.10 bits per heavy atom. The van der Waals surface area contributed by atoms with E-state index in [1.54, 1.807) is 26.3 Å². The lowest BCUT2D eigenvalue weighted by atomic mass is 9.98. The van der Waals surface area contributed by atoms with Crippen molar-refractivity contribution in [3.63, 3.8) is 0 Å². The van der Waals surface area contributed by atoms with Crippen LogP contribution in [0.3, 0.4) is 0 Å². The number of likely N-dealkylation sites (N-methyl/N-ethyl adjacent to an activating group) is 1. The smallest absolute Gasteiger partial charge is 0.129 e. The molecule has 0 radical (unpaired) electrons. The molecule has 1 N–H and O–H groups in total. The molecule has 0 heterocycles. The highest BCUT2D eigenvalue weighted by atomic mass is 79.9. The topological polar surface area (TPSA) is 21.3 Å². The third-order valence-corrected chi connectivity index (χ3v) is 4.19. The molecule has 0 aliphatic carbocycles. The van der Waals surface area contributed by atoms with Crippen molar-refractivity contribution in [2.24, 2.45) is 0 Å². The lowest BCUT2D eigenvalue weighted by molar-refractivity contribution is 0.405. The summed E-state index contributed by atoms with van der Waals surface area (Å²) in [5.41, 5.74) is 1.45. The zero-order valence-electron chi connectivity index (χ0n) is 11.8. The Morgan fingerprint density at radius 1 is 1.33 bits per heavy atom. The summed E-state index contributed by atoms with van der Waals surface area (Å²) < 4.78 is 20.4. The van der Waals surface area contributed by atoms with Gasteiger partial charge >= 0.3 is 0 Å². The Bertz CT molecular complexity index is 615. The summed E-state index contributed by atoms with van der Waals surface area (Å²) in [6.07, 6.45) is 0.569. The van der Waals surface area contributed by atoms with Crippen molar-refractivity contribution in [3.05, 3.63) is 62.8 Å². The van der Waals surface area contributed by atoms with Gasteiger partial charge in [0.15, 0.2) is 0 Å². The fourth-order valence-corrected chi connectivity index (χ4v) is 3.02. The fraction of sp³-hybridized carbons (Fsp3) is 0.250. The van der Waals surface area contributed by atoms with Crippen LogP contribution in [0.1, 0.15) is 17.2 Å². The second-order valence-electron chi connectivity index (χ2n) is 4.64. The van der Waals surface area contributed by atoms with Crippen LogP contribution in [-0.2, 0) is 6.42 Å². The van der Waals surface area contributed by atoms with Crippen LogP contribution < -0.4 is 10.1 Å². The molecule has 2 aromatic rings. The monoisotopic (exact) mass is 371 g/mol. The zero-order chi connectivity index (χ0) is 15.4. The van der Waals surface area contributed by atoms with Gasteiger partial charge in [0, 0.05) is 21.1 Å². The van der Waals surface area contributed by atoms with E-state index in [0.717, 1.165) is 15.8 Å². The molecule has 0 saturated heterocycles. The summed E-state index contributed by atoms with van der Waals surface area (Å²) >= 11 is 9.60. The first-order valence-corrected chi connectivity index (χ1v) is 7.67. The molecule has 2 nitrogen and oxygen atoms in total. The van der Waals surface area contributed by atoms with E-state index in [2.05, 4.69) is 21.2 Å². The highest BCUT2D eigenvalue weighted by Crippen LogP contribution is 2.32. The molecule has 1 atom stereocenters. The highest BCUT2D eigenvalue weighted by molar-refractivity contribution is 9.10. The second-order valence-corrected chi connectivity index (χ2v) is 5.96. The van der Waals surface area contributed by atoms with Crippen molar-refractivity contribution in [3.8, 4) is 5.75 Å². The second kappa shape index (κ2) is 7.25. The fourth-order valence-electron chi connectivity index (χ4n) is 2.32. The predicted molar refractivity (Wildman–Crippen MR) is 87.6 cm³/mol. The van der Waals surface area contributed by atoms with Crippen LogP contribution in [0, 0.1) is 5.82 Å². The van der Waals surface area contributed by atoms with E-state index in [-0.39, 0.29) is 11.9 Å². The number of hydrogen-bond acceptors (Lipinski definition) is 2. The highest BCUT2D eigenvalue weighted by Gasteiger charge is 2.19. The molecule has 2 rings (SSSR count). The van der Waals surface area contributed by atoms with Crippen LogP contribution >= 0.6 is 27.5 Å². The van der Waals surface area contributed by atoms with Crippen LogP contribution in [0.5, 0.6) is 5.75 Å². The number of nitrogens with one attached hydrogen (secondary N) is 1. The normalized spacial score (nSPS) is 12.2. The molecule has 21 heavy (non-hydrogen) atoms. The van der Waals surface area contributed by atoms with Gasteiger partial charge in [-0.3, -0.25) is 0 Å². The van der Waals surface area contributed by atoms with Gasteiger partial charge in [0.05, 0.1) is 7.11 Å². The molecule has 0 saturated carbocycles. The summed E-state index contributed by atoms with van der Waals surface area (Å²) in [4.78, 5) is 0. The summed E-state index contributed by atoms with van der Waals surface area (Å²) in [7, 11) is 3.41. The van der Waals surface area contributed by atoms with E-state index in [0.29, 0.717) is 17.0 Å². The SMILES string of the molecule is CNC(Cc1cc(Br)ccc1OC)c1c(F)cccc1Cl. The maximum atomic E-state index is 14.1. The van der Waals surface area contributed by atoms with Crippen LogP contribution in [0.15, 0.2) is 40.9 Å². The number of hydrogen-bond donors (Lipinski definition) is 1. The van der Waals surface area contributed by atoms with Crippen LogP contribution in [0.4, 0.5) is 4.39 Å². The third kappa shape index (κ3) is 3.76. The Morgan fingerprint density at radius 3 is 2.71 bits per heavy atom. The molecule has 0 aliphatic heterocycles. The number of ether oxygens (including phenoxy) is 1. The maximum Gasteiger partial charge on any atom is 0.129 e. The Balaban J connectivity index is 2.38. The number of benzene rings is 2. The van der Waals surface area contributed by atoms with Gasteiger partial charge in [0.1, 0.15) is 11.6 Å². The molecule has 5 heteroatoms. The minimum atomic E-state index is -0.309. The third-order valence-electron chi connectivity index (χ3n) is 3.36. The molecule has 0 aromatic heterocycles. The van der Waals surface area contributed by atoms with Crippen molar-refractivity contribution in [1.82, 2.24) is 5.32 Å². The zero-order valence-corrected chi connectivity index (χ0v) is 14.1. The van der Waals surface area contributed by atoms with Gasteiger partial charge in [-0.05, 0) is 49.4 Å². The predicted octanol–water partition coefficient (Wildman–Crippen LogP) is 4.75. The number of rotatable bonds is 5. The van der Waals surface area contributed by atoms with Gasteiger partial charge in [-0.1, -0.05) is 33.6 Å². The van der Waals surface area contributed by atoms with Gasteiger partial charge < -0.3 is 10.1 Å². The summed E-state index contributed by atoms with van der Waals surface area (Å²) in [5, 5.41) is 3.54. The molecular weight excluding hydrogens is 357 g/mol. The first-order chi connectivity index (χ1) is 10.1.